The molecule has 0 unspecified atom stereocenters. The average molecular weight is 346 g/mol. The van der Waals surface area contributed by atoms with Crippen molar-refractivity contribution in [2.24, 2.45) is 0 Å². The van der Waals surface area contributed by atoms with Gasteiger partial charge in [-0.2, -0.15) is 0 Å². The monoisotopic (exact) mass is 346 g/mol. The van der Waals surface area contributed by atoms with Gasteiger partial charge in [-0.15, -0.1) is 0 Å². The van der Waals surface area contributed by atoms with E-state index in [2.05, 4.69) is 26.9 Å². The van der Waals surface area contributed by atoms with Gasteiger partial charge in [-0.05, 0) is 49.2 Å². The fourth-order valence-electron chi connectivity index (χ4n) is 4.28. The lowest BCUT2D eigenvalue weighted by molar-refractivity contribution is 0.250. The van der Waals surface area contributed by atoms with E-state index in [-0.39, 0.29) is 5.56 Å². The van der Waals surface area contributed by atoms with Gasteiger partial charge in [0.05, 0.1) is 16.6 Å². The molecule has 2 bridgehead atoms. The van der Waals surface area contributed by atoms with Gasteiger partial charge in [-0.1, -0.05) is 12.1 Å². The lowest BCUT2D eigenvalue weighted by Crippen LogP contribution is -2.37. The Morgan fingerprint density at radius 2 is 1.58 bits per heavy atom. The van der Waals surface area contributed by atoms with E-state index in [4.69, 9.17) is 0 Å². The van der Waals surface area contributed by atoms with E-state index in [0.29, 0.717) is 11.4 Å². The Bertz CT molecular complexity index is 987. The molecule has 1 aromatic heterocycles. The summed E-state index contributed by atoms with van der Waals surface area (Å²) in [6, 6.07) is 16.5. The van der Waals surface area contributed by atoms with Crippen LogP contribution in [0.5, 0.6) is 0 Å². The summed E-state index contributed by atoms with van der Waals surface area (Å²) in [5.41, 5.74) is 2.83. The molecule has 4 heterocycles. The molecular weight excluding hydrogens is 324 g/mol. The van der Waals surface area contributed by atoms with E-state index in [1.54, 1.807) is 10.9 Å². The predicted molar refractivity (Wildman–Crippen MR) is 104 cm³/mol. The lowest BCUT2D eigenvalue weighted by atomic mass is 10.0. The fraction of sp³-hybridized carbons (Fsp3) is 0.333. The molecule has 0 atom stereocenters. The summed E-state index contributed by atoms with van der Waals surface area (Å²) in [6.45, 7) is 4.67. The van der Waals surface area contributed by atoms with Crippen LogP contribution in [0.25, 0.3) is 16.6 Å². The zero-order chi connectivity index (χ0) is 17.5. The van der Waals surface area contributed by atoms with Gasteiger partial charge < -0.3 is 9.80 Å². The molecule has 0 N–H and O–H groups in total. The third-order valence-corrected chi connectivity index (χ3v) is 5.78. The van der Waals surface area contributed by atoms with Crippen molar-refractivity contribution in [1.29, 1.82) is 0 Å². The summed E-state index contributed by atoms with van der Waals surface area (Å²) in [6.07, 6.45) is 4.12. The molecule has 26 heavy (non-hydrogen) atoms. The molecule has 0 spiro atoms. The highest BCUT2D eigenvalue weighted by molar-refractivity contribution is 5.77. The first-order valence-electron chi connectivity index (χ1n) is 9.35. The van der Waals surface area contributed by atoms with Crippen LogP contribution in [0.15, 0.2) is 59.7 Å². The third-order valence-electron chi connectivity index (χ3n) is 5.78. The van der Waals surface area contributed by atoms with Gasteiger partial charge in [-0.3, -0.25) is 9.36 Å². The molecule has 0 saturated carbocycles. The molecule has 3 saturated heterocycles. The number of anilines is 1. The van der Waals surface area contributed by atoms with Crippen LogP contribution in [0.3, 0.4) is 0 Å². The normalized spacial score (nSPS) is 22.5. The topological polar surface area (TPSA) is 41.4 Å². The van der Waals surface area contributed by atoms with Crippen molar-refractivity contribution < 1.29 is 0 Å². The molecule has 2 aromatic carbocycles. The van der Waals surface area contributed by atoms with Gasteiger partial charge in [0.25, 0.3) is 5.56 Å². The molecular formula is C21H22N4O. The van der Waals surface area contributed by atoms with Gasteiger partial charge in [-0.25, -0.2) is 4.98 Å². The van der Waals surface area contributed by atoms with Crippen LogP contribution in [-0.4, -0.2) is 46.7 Å². The van der Waals surface area contributed by atoms with E-state index in [9.17, 15) is 4.79 Å². The molecule has 0 amide bonds. The maximum Gasteiger partial charge on any atom is 0.265 e. The molecule has 6 rings (SSSR count). The van der Waals surface area contributed by atoms with E-state index in [1.165, 1.54) is 31.6 Å². The number of para-hydroxylation sites is 1. The van der Waals surface area contributed by atoms with E-state index in [0.717, 1.165) is 24.3 Å². The second kappa shape index (κ2) is 6.25. The molecule has 5 heteroatoms. The highest BCUT2D eigenvalue weighted by Crippen LogP contribution is 2.27. The van der Waals surface area contributed by atoms with Gasteiger partial charge in [0.15, 0.2) is 0 Å². The minimum Gasteiger partial charge on any atom is -0.367 e. The Kier molecular flexibility index (Phi) is 3.75. The first-order valence-corrected chi connectivity index (χ1v) is 9.35. The second-order valence-electron chi connectivity index (χ2n) is 7.22. The van der Waals surface area contributed by atoms with Crippen molar-refractivity contribution >= 4 is 16.6 Å². The zero-order valence-corrected chi connectivity index (χ0v) is 14.7. The second-order valence-corrected chi connectivity index (χ2v) is 7.22. The number of piperidine rings is 1. The largest absolute Gasteiger partial charge is 0.367 e. The van der Waals surface area contributed by atoms with Crippen molar-refractivity contribution in [3.05, 3.63) is 65.2 Å². The summed E-state index contributed by atoms with van der Waals surface area (Å²) in [5.74, 6) is 0. The number of benzene rings is 2. The summed E-state index contributed by atoms with van der Waals surface area (Å²) < 4.78 is 1.63. The number of aromatic nitrogens is 2. The minimum absolute atomic E-state index is 0.0236. The summed E-state index contributed by atoms with van der Waals surface area (Å²) in [7, 11) is 0. The van der Waals surface area contributed by atoms with Crippen LogP contribution < -0.4 is 10.5 Å². The van der Waals surface area contributed by atoms with Crippen LogP contribution in [0, 0.1) is 0 Å². The van der Waals surface area contributed by atoms with Gasteiger partial charge in [0.2, 0.25) is 0 Å². The van der Waals surface area contributed by atoms with Gasteiger partial charge in [0, 0.05) is 37.9 Å². The molecule has 0 radical (unpaired) electrons. The Balaban J connectivity index is 1.49. The molecule has 3 aliphatic rings. The van der Waals surface area contributed by atoms with E-state index in [1.807, 2.05) is 36.4 Å². The van der Waals surface area contributed by atoms with Crippen molar-refractivity contribution in [2.75, 3.05) is 31.1 Å². The molecule has 132 valence electrons. The van der Waals surface area contributed by atoms with Crippen molar-refractivity contribution in [3.63, 3.8) is 0 Å². The Hall–Kier alpha value is -2.66. The smallest absolute Gasteiger partial charge is 0.265 e. The SMILES string of the molecule is O=c1c2ccccc2ncn1-c1ccc(N2CCN3CCC2CC3)cc1. The van der Waals surface area contributed by atoms with Crippen LogP contribution in [0.4, 0.5) is 5.69 Å². The van der Waals surface area contributed by atoms with Crippen LogP contribution in [0.1, 0.15) is 12.8 Å². The average Bonchev–Trinajstić information content (AvgIpc) is 3.03. The number of fused-ring (bicyclic) bond motifs is 5. The van der Waals surface area contributed by atoms with Crippen LogP contribution >= 0.6 is 0 Å². The van der Waals surface area contributed by atoms with E-state index < -0.39 is 0 Å². The van der Waals surface area contributed by atoms with Crippen molar-refractivity contribution in [2.45, 2.75) is 18.9 Å². The Morgan fingerprint density at radius 1 is 0.846 bits per heavy atom. The first kappa shape index (κ1) is 15.6. The minimum atomic E-state index is -0.0236. The van der Waals surface area contributed by atoms with E-state index >= 15 is 0 Å². The predicted octanol–water partition coefficient (Wildman–Crippen LogP) is 2.67. The highest BCUT2D eigenvalue weighted by Gasteiger charge is 2.28. The summed E-state index contributed by atoms with van der Waals surface area (Å²) in [5, 5.41) is 0.651. The fourth-order valence-corrected chi connectivity index (χ4v) is 4.28. The number of nitrogens with zero attached hydrogens (tertiary/aromatic N) is 4. The summed E-state index contributed by atoms with van der Waals surface area (Å²) in [4.78, 5) is 22.3. The number of hydrogen-bond acceptors (Lipinski definition) is 4. The van der Waals surface area contributed by atoms with Crippen LogP contribution in [0.2, 0.25) is 0 Å². The van der Waals surface area contributed by atoms with Crippen molar-refractivity contribution in [3.8, 4) is 5.69 Å². The number of hydrogen-bond donors (Lipinski definition) is 0. The zero-order valence-electron chi connectivity index (χ0n) is 14.7. The quantitative estimate of drug-likeness (QED) is 0.715. The van der Waals surface area contributed by atoms with Crippen molar-refractivity contribution in [1.82, 2.24) is 14.5 Å². The Labute approximate surface area is 152 Å². The van der Waals surface area contributed by atoms with Crippen LogP contribution in [-0.2, 0) is 0 Å². The molecule has 3 aromatic rings. The van der Waals surface area contributed by atoms with Gasteiger partial charge in [0.1, 0.15) is 6.33 Å². The molecule has 3 fully saturated rings. The summed E-state index contributed by atoms with van der Waals surface area (Å²) >= 11 is 0. The molecule has 5 nitrogen and oxygen atoms in total. The first-order chi connectivity index (χ1) is 12.8. The molecule has 3 aliphatic heterocycles. The number of rotatable bonds is 2. The Morgan fingerprint density at radius 3 is 2.38 bits per heavy atom. The molecule has 0 aliphatic carbocycles. The maximum atomic E-state index is 12.8. The van der Waals surface area contributed by atoms with Gasteiger partial charge >= 0.3 is 0 Å². The highest BCUT2D eigenvalue weighted by atomic mass is 16.1. The standard InChI is InChI=1S/C21H22N4O/c26-21-19-3-1-2-4-20(19)22-15-25(21)17-7-5-16(6-8-17)24-14-13-23-11-9-18(24)10-12-23/h1-8,15,18H,9-14H2. The maximum absolute atomic E-state index is 12.8. The third kappa shape index (κ3) is 2.59. The lowest BCUT2D eigenvalue weighted by Gasteiger charge is -2.33.